The molecule has 0 bridgehead atoms. The molecule has 1 amide bonds. The van der Waals surface area contributed by atoms with Crippen molar-refractivity contribution < 1.29 is 14.3 Å². The maximum atomic E-state index is 12.6. The maximum absolute atomic E-state index is 12.6. The van der Waals surface area contributed by atoms with Crippen LogP contribution in [0, 0.1) is 21.8 Å². The second kappa shape index (κ2) is 11.2. The summed E-state index contributed by atoms with van der Waals surface area (Å²) in [6.45, 7) is 2.27. The largest absolute Gasteiger partial charge is 0.493 e. The van der Waals surface area contributed by atoms with Crippen molar-refractivity contribution in [2.75, 3.05) is 12.4 Å². The van der Waals surface area contributed by atoms with Crippen LogP contribution < -0.4 is 14.8 Å². The van der Waals surface area contributed by atoms with Crippen molar-refractivity contribution in [3.63, 3.8) is 0 Å². The summed E-state index contributed by atoms with van der Waals surface area (Å²) in [6.07, 6.45) is 1.52. The van der Waals surface area contributed by atoms with Gasteiger partial charge >= 0.3 is 0 Å². The molecule has 0 aliphatic rings. The van der Waals surface area contributed by atoms with E-state index in [1.165, 1.54) is 6.08 Å². The normalized spacial score (nSPS) is 10.9. The Labute approximate surface area is 209 Å². The minimum absolute atomic E-state index is 0.0187. The number of anilines is 1. The van der Waals surface area contributed by atoms with E-state index in [2.05, 4.69) is 43.8 Å². The fourth-order valence-corrected chi connectivity index (χ4v) is 3.85. The average Bonchev–Trinajstić information content (AvgIpc) is 2.79. The summed E-state index contributed by atoms with van der Waals surface area (Å²) in [4.78, 5) is 12.6. The molecule has 162 valence electrons. The van der Waals surface area contributed by atoms with E-state index in [9.17, 15) is 10.1 Å². The number of aryl methyl sites for hydroxylation is 1. The van der Waals surface area contributed by atoms with Crippen LogP contribution in [0.15, 0.2) is 70.7 Å². The molecule has 0 spiro atoms. The third-order valence-corrected chi connectivity index (χ3v) is 5.93. The number of rotatable bonds is 7. The number of hydrogen-bond donors (Lipinski definition) is 1. The minimum Gasteiger partial charge on any atom is -0.493 e. The summed E-state index contributed by atoms with van der Waals surface area (Å²) >= 11 is 5.77. The van der Waals surface area contributed by atoms with Gasteiger partial charge < -0.3 is 14.8 Å². The van der Waals surface area contributed by atoms with Gasteiger partial charge in [0.15, 0.2) is 11.5 Å². The highest BCUT2D eigenvalue weighted by Gasteiger charge is 2.15. The molecule has 0 unspecified atom stereocenters. The average molecular weight is 603 g/mol. The van der Waals surface area contributed by atoms with Crippen molar-refractivity contribution in [3.05, 3.63) is 91.0 Å². The monoisotopic (exact) mass is 602 g/mol. The first kappa shape index (κ1) is 23.8. The zero-order valence-corrected chi connectivity index (χ0v) is 21.2. The predicted octanol–water partition coefficient (Wildman–Crippen LogP) is 6.50. The smallest absolute Gasteiger partial charge is 0.266 e. The third kappa shape index (κ3) is 6.11. The highest BCUT2D eigenvalue weighted by molar-refractivity contribution is 14.1. The number of carbonyl (C=O) groups excluding carboxylic acids is 1. The fraction of sp³-hybridized carbons (Fsp3) is 0.120. The van der Waals surface area contributed by atoms with Gasteiger partial charge in [-0.2, -0.15) is 5.26 Å². The number of nitrogens with one attached hydrogen (secondary N) is 1. The summed E-state index contributed by atoms with van der Waals surface area (Å²) in [7, 11) is 1.54. The molecule has 0 fully saturated rings. The number of para-hydroxylation sites is 1. The van der Waals surface area contributed by atoms with Crippen LogP contribution in [0.4, 0.5) is 5.69 Å². The van der Waals surface area contributed by atoms with Crippen LogP contribution >= 0.6 is 38.5 Å². The molecule has 0 aromatic heterocycles. The number of ether oxygens (including phenoxy) is 2. The van der Waals surface area contributed by atoms with E-state index in [4.69, 9.17) is 9.47 Å². The maximum Gasteiger partial charge on any atom is 0.266 e. The van der Waals surface area contributed by atoms with Crippen molar-refractivity contribution in [2.45, 2.75) is 13.5 Å². The molecule has 0 heterocycles. The summed E-state index contributed by atoms with van der Waals surface area (Å²) in [5, 5.41) is 12.3. The molecular formula is C25H20BrIN2O3. The molecule has 0 aliphatic heterocycles. The first-order valence-electron chi connectivity index (χ1n) is 9.65. The topological polar surface area (TPSA) is 71.3 Å². The number of methoxy groups -OCH3 is 1. The van der Waals surface area contributed by atoms with Gasteiger partial charge in [-0.15, -0.1) is 0 Å². The molecule has 0 aliphatic carbocycles. The number of nitriles is 1. The van der Waals surface area contributed by atoms with Crippen LogP contribution in [0.5, 0.6) is 11.5 Å². The van der Waals surface area contributed by atoms with Crippen molar-refractivity contribution >= 4 is 56.2 Å². The van der Waals surface area contributed by atoms with Crippen molar-refractivity contribution in [2.24, 2.45) is 0 Å². The Morgan fingerprint density at radius 1 is 1.19 bits per heavy atom. The van der Waals surface area contributed by atoms with Crippen LogP contribution in [0.1, 0.15) is 16.7 Å². The zero-order valence-electron chi connectivity index (χ0n) is 17.5. The van der Waals surface area contributed by atoms with Crippen molar-refractivity contribution in [1.82, 2.24) is 0 Å². The van der Waals surface area contributed by atoms with Crippen LogP contribution in [0.2, 0.25) is 0 Å². The van der Waals surface area contributed by atoms with Gasteiger partial charge in [-0.3, -0.25) is 4.79 Å². The first-order chi connectivity index (χ1) is 15.4. The third-order valence-electron chi connectivity index (χ3n) is 4.62. The number of hydrogen-bond acceptors (Lipinski definition) is 4. The minimum atomic E-state index is -0.476. The summed E-state index contributed by atoms with van der Waals surface area (Å²) < 4.78 is 13.3. The van der Waals surface area contributed by atoms with E-state index in [-0.39, 0.29) is 5.57 Å². The van der Waals surface area contributed by atoms with Gasteiger partial charge in [0.05, 0.1) is 11.6 Å². The first-order valence-corrected chi connectivity index (χ1v) is 11.5. The zero-order chi connectivity index (χ0) is 23.1. The van der Waals surface area contributed by atoms with Gasteiger partial charge in [0.2, 0.25) is 0 Å². The lowest BCUT2D eigenvalue weighted by atomic mass is 10.1. The Balaban J connectivity index is 1.82. The van der Waals surface area contributed by atoms with Crippen LogP contribution in [-0.4, -0.2) is 13.0 Å². The Morgan fingerprint density at radius 2 is 1.91 bits per heavy atom. The molecule has 0 saturated carbocycles. The molecule has 7 heteroatoms. The van der Waals surface area contributed by atoms with E-state index >= 15 is 0 Å². The van der Waals surface area contributed by atoms with Gasteiger partial charge in [0, 0.05) is 9.26 Å². The molecule has 0 radical (unpaired) electrons. The number of amides is 1. The molecule has 0 atom stereocenters. The number of carbonyl (C=O) groups is 1. The van der Waals surface area contributed by atoms with E-state index in [1.54, 1.807) is 25.3 Å². The van der Waals surface area contributed by atoms with Crippen LogP contribution in [-0.2, 0) is 11.4 Å². The van der Waals surface area contributed by atoms with E-state index in [0.29, 0.717) is 33.8 Å². The Morgan fingerprint density at radius 3 is 2.56 bits per heavy atom. The molecular weight excluding hydrogens is 583 g/mol. The molecule has 3 rings (SSSR count). The number of benzene rings is 3. The molecule has 3 aromatic carbocycles. The highest BCUT2D eigenvalue weighted by atomic mass is 127. The predicted molar refractivity (Wildman–Crippen MR) is 138 cm³/mol. The second-order valence-electron chi connectivity index (χ2n) is 6.89. The van der Waals surface area contributed by atoms with Gasteiger partial charge in [-0.1, -0.05) is 30.3 Å². The van der Waals surface area contributed by atoms with E-state index < -0.39 is 5.91 Å². The Kier molecular flexibility index (Phi) is 8.31. The molecule has 32 heavy (non-hydrogen) atoms. The Hall–Kier alpha value is -2.83. The van der Waals surface area contributed by atoms with E-state index in [1.807, 2.05) is 55.5 Å². The van der Waals surface area contributed by atoms with E-state index in [0.717, 1.165) is 14.7 Å². The lowest BCUT2D eigenvalue weighted by Crippen LogP contribution is -2.14. The highest BCUT2D eigenvalue weighted by Crippen LogP contribution is 2.38. The molecule has 0 saturated heterocycles. The van der Waals surface area contributed by atoms with Crippen LogP contribution in [0.25, 0.3) is 6.08 Å². The lowest BCUT2D eigenvalue weighted by Gasteiger charge is -2.14. The van der Waals surface area contributed by atoms with Gasteiger partial charge in [-0.05, 0) is 98.5 Å². The molecule has 5 nitrogen and oxygen atoms in total. The van der Waals surface area contributed by atoms with Gasteiger partial charge in [-0.25, -0.2) is 0 Å². The summed E-state index contributed by atoms with van der Waals surface area (Å²) in [5.74, 6) is 0.565. The molecule has 3 aromatic rings. The summed E-state index contributed by atoms with van der Waals surface area (Å²) in [5.41, 5.74) is 3.22. The second-order valence-corrected chi connectivity index (χ2v) is 8.99. The van der Waals surface area contributed by atoms with Crippen molar-refractivity contribution in [1.29, 1.82) is 5.26 Å². The number of halogens is 2. The van der Waals surface area contributed by atoms with Crippen molar-refractivity contribution in [3.8, 4) is 17.6 Å². The standard InChI is InChI=1S/C25H20BrIN2O3/c1-16-5-3-4-6-22(16)29-25(30)19(14-28)11-18-12-21(26)24(23(13-18)31-2)32-15-17-7-9-20(27)10-8-17/h3-13H,15H2,1-2H3,(H,29,30)/b19-11-. The Bertz CT molecular complexity index is 1200. The summed E-state index contributed by atoms with van der Waals surface area (Å²) in [6, 6.07) is 20.9. The van der Waals surface area contributed by atoms with Crippen LogP contribution in [0.3, 0.4) is 0 Å². The fourth-order valence-electron chi connectivity index (χ4n) is 2.92. The number of nitrogens with zero attached hydrogens (tertiary/aromatic N) is 1. The SMILES string of the molecule is COc1cc(/C=C(/C#N)C(=O)Nc2ccccc2C)cc(Br)c1OCc1ccc(I)cc1. The molecule has 1 N–H and O–H groups in total. The lowest BCUT2D eigenvalue weighted by molar-refractivity contribution is -0.112. The van der Waals surface area contributed by atoms with Gasteiger partial charge in [0.25, 0.3) is 5.91 Å². The quantitative estimate of drug-likeness (QED) is 0.190. The van der Waals surface area contributed by atoms with Gasteiger partial charge in [0.1, 0.15) is 18.2 Å².